The molecular weight excluding hydrogens is 661 g/mol. The molecule has 0 radical (unpaired) electrons. The van der Waals surface area contributed by atoms with Gasteiger partial charge >= 0.3 is 0 Å². The van der Waals surface area contributed by atoms with Gasteiger partial charge < -0.3 is 21.3 Å². The van der Waals surface area contributed by atoms with E-state index in [1.54, 1.807) is 0 Å². The largest absolute Gasteiger partial charge is 0.379 e. The van der Waals surface area contributed by atoms with Crippen molar-refractivity contribution < 1.29 is 0 Å². The predicted octanol–water partition coefficient (Wildman–Crippen LogP) is 10.2. The van der Waals surface area contributed by atoms with Gasteiger partial charge in [0, 0.05) is 40.7 Å². The van der Waals surface area contributed by atoms with Crippen LogP contribution in [0.4, 0.5) is 17.1 Å². The summed E-state index contributed by atoms with van der Waals surface area (Å²) in [5.41, 5.74) is 17.7. The van der Waals surface area contributed by atoms with E-state index in [0.717, 1.165) is 74.4 Å². The van der Waals surface area contributed by atoms with E-state index in [-0.39, 0.29) is 12.1 Å². The lowest BCUT2D eigenvalue weighted by Gasteiger charge is -2.31. The van der Waals surface area contributed by atoms with Crippen molar-refractivity contribution in [3.8, 4) is 22.5 Å². The third kappa shape index (κ3) is 5.26. The topological polar surface area (TPSA) is 73.9 Å². The van der Waals surface area contributed by atoms with Gasteiger partial charge in [0.15, 0.2) is 0 Å². The van der Waals surface area contributed by atoms with E-state index in [1.165, 1.54) is 39.2 Å². The molecule has 5 aliphatic rings. The second-order valence-electron chi connectivity index (χ2n) is 14.4. The lowest BCUT2D eigenvalue weighted by Crippen LogP contribution is -2.33. The molecule has 4 aromatic carbocycles. The summed E-state index contributed by atoms with van der Waals surface area (Å²) in [6, 6.07) is 32.5. The summed E-state index contributed by atoms with van der Waals surface area (Å²) in [6.45, 7) is 1.66. The Morgan fingerprint density at radius 3 is 2.09 bits per heavy atom. The molecule has 4 aliphatic heterocycles. The highest BCUT2D eigenvalue weighted by atomic mass is 15.0. The second kappa shape index (κ2) is 12.3. The Balaban J connectivity index is 0.861. The van der Waals surface area contributed by atoms with E-state index in [1.807, 2.05) is 0 Å². The summed E-state index contributed by atoms with van der Waals surface area (Å²) >= 11 is 0. The average molecular weight is 697 g/mol. The summed E-state index contributed by atoms with van der Waals surface area (Å²) in [5, 5.41) is 17.0. The molecular formula is C48H36N6. The normalized spacial score (nSPS) is 18.9. The number of fused-ring (bicyclic) bond motifs is 8. The van der Waals surface area contributed by atoms with Crippen molar-refractivity contribution in [1.82, 2.24) is 15.3 Å². The van der Waals surface area contributed by atoms with Gasteiger partial charge in [-0.1, -0.05) is 127 Å². The third-order valence-corrected chi connectivity index (χ3v) is 11.1. The zero-order valence-corrected chi connectivity index (χ0v) is 29.5. The van der Waals surface area contributed by atoms with Gasteiger partial charge in [-0.25, -0.2) is 9.97 Å². The van der Waals surface area contributed by atoms with Gasteiger partial charge in [0.1, 0.15) is 0 Å². The maximum Gasteiger partial charge on any atom is 0.0947 e. The molecule has 2 atom stereocenters. The number of pyridine rings is 2. The van der Waals surface area contributed by atoms with Crippen LogP contribution < -0.4 is 21.3 Å². The van der Waals surface area contributed by atoms with Crippen molar-refractivity contribution in [2.45, 2.75) is 12.1 Å². The van der Waals surface area contributed by atoms with Gasteiger partial charge in [-0.05, 0) is 63.7 Å². The molecule has 0 amide bonds. The predicted molar refractivity (Wildman–Crippen MR) is 226 cm³/mol. The minimum Gasteiger partial charge on any atom is -0.379 e. The van der Waals surface area contributed by atoms with Crippen molar-refractivity contribution in [3.05, 3.63) is 173 Å². The number of aromatic nitrogens is 2. The smallest absolute Gasteiger partial charge is 0.0947 e. The highest BCUT2D eigenvalue weighted by Gasteiger charge is 2.25. The quantitative estimate of drug-likeness (QED) is 0.147. The molecule has 258 valence electrons. The number of dihydropyridines is 1. The van der Waals surface area contributed by atoms with Crippen LogP contribution in [0.1, 0.15) is 22.3 Å². The van der Waals surface area contributed by atoms with Crippen LogP contribution in [0.5, 0.6) is 0 Å². The third-order valence-electron chi connectivity index (χ3n) is 11.1. The molecule has 6 heteroatoms. The zero-order chi connectivity index (χ0) is 35.6. The van der Waals surface area contributed by atoms with Crippen molar-refractivity contribution in [2.24, 2.45) is 0 Å². The second-order valence-corrected chi connectivity index (χ2v) is 14.4. The Kier molecular flexibility index (Phi) is 7.02. The molecule has 0 saturated heterocycles. The Morgan fingerprint density at radius 2 is 1.22 bits per heavy atom. The van der Waals surface area contributed by atoms with Crippen LogP contribution in [0.2, 0.25) is 0 Å². The van der Waals surface area contributed by atoms with Crippen molar-refractivity contribution in [1.29, 1.82) is 0 Å². The molecule has 6 nitrogen and oxygen atoms in total. The standard InChI is InChI=1S/C48H36N6/c1-4-35(26-36(5-1)41-22-18-33-12-10-31-6-2-24-49-45(31)47(33)53-41)39-20-16-29-8-14-37(27-43(29)51-39)40-21-17-30-9-15-38(28-44(30)52-40)42-23-19-34-13-11-32-7-3-25-50-46(32)48(34)54-42/h1-23,26-28,42,44,49-50,52,54H,24-25H2. The molecule has 54 heavy (non-hydrogen) atoms. The summed E-state index contributed by atoms with van der Waals surface area (Å²) in [5.74, 6) is 0. The van der Waals surface area contributed by atoms with Gasteiger partial charge in [-0.2, -0.15) is 0 Å². The molecule has 6 heterocycles. The van der Waals surface area contributed by atoms with Gasteiger partial charge in [-0.15, -0.1) is 0 Å². The van der Waals surface area contributed by atoms with E-state index in [9.17, 15) is 0 Å². The van der Waals surface area contributed by atoms with Crippen LogP contribution in [-0.4, -0.2) is 35.1 Å². The Labute approximate surface area is 313 Å². The highest BCUT2D eigenvalue weighted by Crippen LogP contribution is 2.39. The fourth-order valence-corrected chi connectivity index (χ4v) is 8.23. The first-order valence-corrected chi connectivity index (χ1v) is 18.7. The van der Waals surface area contributed by atoms with Crippen molar-refractivity contribution >= 4 is 62.8 Å². The fourth-order valence-electron chi connectivity index (χ4n) is 8.23. The number of allylic oxidation sites excluding steroid dienone is 2. The van der Waals surface area contributed by atoms with Gasteiger partial charge in [0.25, 0.3) is 0 Å². The van der Waals surface area contributed by atoms with Gasteiger partial charge in [0.2, 0.25) is 0 Å². The minimum absolute atomic E-state index is 0.0755. The first-order chi connectivity index (χ1) is 26.7. The average Bonchev–Trinajstić information content (AvgIpc) is 3.25. The molecule has 0 fully saturated rings. The van der Waals surface area contributed by atoms with Gasteiger partial charge in [-0.3, -0.25) is 0 Å². The fraction of sp³-hybridized carbons (Fsp3) is 0.0833. The van der Waals surface area contributed by atoms with E-state index in [4.69, 9.17) is 9.97 Å². The van der Waals surface area contributed by atoms with Gasteiger partial charge in [0.05, 0.1) is 51.6 Å². The number of hydrogen-bond acceptors (Lipinski definition) is 6. The van der Waals surface area contributed by atoms with Crippen molar-refractivity contribution in [3.63, 3.8) is 0 Å². The lowest BCUT2D eigenvalue weighted by atomic mass is 9.88. The van der Waals surface area contributed by atoms with Crippen LogP contribution >= 0.6 is 0 Å². The van der Waals surface area contributed by atoms with E-state index >= 15 is 0 Å². The SMILES string of the molecule is C1=Cc2ccc3c(c2NC1)NC(C1=CC2NC(c4ccc5ccc(-c6cccc(-c7ccc8ccc9c(c8n7)NCC=C9)c6)nc5c4)=CC=C2C=C1)C=C3. The molecule has 6 aromatic rings. The highest BCUT2D eigenvalue weighted by molar-refractivity contribution is 5.97. The van der Waals surface area contributed by atoms with E-state index < -0.39 is 0 Å². The first-order valence-electron chi connectivity index (χ1n) is 18.7. The number of hydrogen-bond donors (Lipinski definition) is 4. The maximum atomic E-state index is 5.19. The minimum atomic E-state index is 0.0755. The molecule has 11 rings (SSSR count). The molecule has 2 unspecified atom stereocenters. The summed E-state index contributed by atoms with van der Waals surface area (Å²) in [6.07, 6.45) is 24.4. The Bertz CT molecular complexity index is 2790. The number of nitrogens with zero attached hydrogens (tertiary/aromatic N) is 2. The molecule has 2 aromatic heterocycles. The van der Waals surface area contributed by atoms with Crippen LogP contribution in [0, 0.1) is 0 Å². The van der Waals surface area contributed by atoms with Crippen molar-refractivity contribution in [2.75, 3.05) is 29.0 Å². The van der Waals surface area contributed by atoms with Crippen LogP contribution in [0.15, 0.2) is 151 Å². The first kappa shape index (κ1) is 30.7. The Morgan fingerprint density at radius 1 is 0.519 bits per heavy atom. The number of rotatable bonds is 4. The lowest BCUT2D eigenvalue weighted by molar-refractivity contribution is 0.798. The molecule has 0 spiro atoms. The van der Waals surface area contributed by atoms with Crippen LogP contribution in [0.25, 0.3) is 68.2 Å². The van der Waals surface area contributed by atoms with E-state index in [0.29, 0.717) is 0 Å². The summed E-state index contributed by atoms with van der Waals surface area (Å²) in [7, 11) is 0. The molecule has 0 saturated carbocycles. The van der Waals surface area contributed by atoms with Crippen LogP contribution in [-0.2, 0) is 0 Å². The number of benzene rings is 4. The zero-order valence-electron chi connectivity index (χ0n) is 29.5. The monoisotopic (exact) mass is 696 g/mol. The summed E-state index contributed by atoms with van der Waals surface area (Å²) < 4.78 is 0. The number of nitrogens with one attached hydrogen (secondary N) is 4. The molecule has 0 bridgehead atoms. The number of anilines is 3. The summed E-state index contributed by atoms with van der Waals surface area (Å²) in [4.78, 5) is 10.3. The maximum absolute atomic E-state index is 5.19. The molecule has 4 N–H and O–H groups in total. The van der Waals surface area contributed by atoms with E-state index in [2.05, 4.69) is 179 Å². The van der Waals surface area contributed by atoms with Crippen LogP contribution in [0.3, 0.4) is 0 Å². The molecule has 1 aliphatic carbocycles. The Hall–Kier alpha value is -6.92.